The number of nitriles is 1. The summed E-state index contributed by atoms with van der Waals surface area (Å²) in [6.45, 7) is 10.2. The van der Waals surface area contributed by atoms with Crippen LogP contribution in [-0.4, -0.2) is 20.2 Å². The quantitative estimate of drug-likeness (QED) is 0.268. The van der Waals surface area contributed by atoms with Crippen LogP contribution in [0.15, 0.2) is 53.6 Å². The molecule has 1 aromatic carbocycles. The van der Waals surface area contributed by atoms with Gasteiger partial charge in [-0.15, -0.1) is 0 Å². The molecule has 4 heteroatoms. The van der Waals surface area contributed by atoms with Crippen molar-refractivity contribution in [2.75, 3.05) is 0 Å². The molecule has 0 aliphatic carbocycles. The number of ketones is 1. The third-order valence-corrected chi connectivity index (χ3v) is 9.96. The van der Waals surface area contributed by atoms with E-state index in [4.69, 9.17) is 4.43 Å². The molecule has 1 aromatic rings. The largest absolute Gasteiger partial charge is 0.411 e. The summed E-state index contributed by atoms with van der Waals surface area (Å²) in [5.74, 6) is -0.197. The lowest BCUT2D eigenvalue weighted by atomic mass is 10.0. The van der Waals surface area contributed by atoms with Gasteiger partial charge in [0.15, 0.2) is 14.1 Å². The van der Waals surface area contributed by atoms with Crippen molar-refractivity contribution in [3.05, 3.63) is 59.2 Å². The van der Waals surface area contributed by atoms with Crippen LogP contribution < -0.4 is 0 Å². The molecule has 0 saturated heterocycles. The van der Waals surface area contributed by atoms with E-state index in [1.165, 1.54) is 5.56 Å². The maximum absolute atomic E-state index is 12.6. The Hall–Kier alpha value is -1.96. The van der Waals surface area contributed by atoms with E-state index in [0.29, 0.717) is 5.57 Å². The van der Waals surface area contributed by atoms with Crippen molar-refractivity contribution in [3.8, 4) is 6.07 Å². The summed E-state index contributed by atoms with van der Waals surface area (Å²) < 4.78 is 6.33. The number of carbonyl (C=O) groups excluding carboxylic acids is 1. The van der Waals surface area contributed by atoms with Gasteiger partial charge in [0.1, 0.15) is 6.07 Å². The number of aryl methyl sites for hydroxylation is 1. The lowest BCUT2D eigenvalue weighted by molar-refractivity contribution is -0.111. The van der Waals surface area contributed by atoms with Crippen LogP contribution >= 0.6 is 0 Å². The summed E-state index contributed by atoms with van der Waals surface area (Å²) in [7, 11) is -1.76. The van der Waals surface area contributed by atoms with Gasteiger partial charge in [-0.25, -0.2) is 0 Å². The highest BCUT2D eigenvalue weighted by molar-refractivity contribution is 6.73. The van der Waals surface area contributed by atoms with Crippen LogP contribution in [0.3, 0.4) is 0 Å². The Kier molecular flexibility index (Phi) is 9.99. The van der Waals surface area contributed by atoms with Crippen LogP contribution in [0.5, 0.6) is 0 Å². The molecule has 0 fully saturated rings. The molecule has 0 bridgehead atoms. The Balaban J connectivity index is 2.77. The fourth-order valence-electron chi connectivity index (χ4n) is 3.23. The molecule has 0 aliphatic rings. The first-order valence-corrected chi connectivity index (χ1v) is 12.5. The molecule has 0 amide bonds. The van der Waals surface area contributed by atoms with Crippen molar-refractivity contribution in [2.24, 2.45) is 0 Å². The monoisotopic (exact) mass is 383 g/mol. The summed E-state index contributed by atoms with van der Waals surface area (Å²) in [5.41, 5.74) is 2.05. The van der Waals surface area contributed by atoms with Gasteiger partial charge in [0.25, 0.3) is 0 Å². The van der Waals surface area contributed by atoms with Crippen molar-refractivity contribution in [2.45, 2.75) is 71.7 Å². The zero-order chi connectivity index (χ0) is 20.3. The predicted octanol–water partition coefficient (Wildman–Crippen LogP) is 5.99. The van der Waals surface area contributed by atoms with E-state index in [2.05, 4.69) is 39.0 Å². The molecular weight excluding hydrogens is 350 g/mol. The number of Topliss-reactive ketones (excluding diaryl/α,β-unsaturated/α-hetero) is 1. The van der Waals surface area contributed by atoms with Gasteiger partial charge in [-0.3, -0.25) is 4.79 Å². The minimum Gasteiger partial charge on any atom is -0.411 e. The van der Waals surface area contributed by atoms with E-state index in [0.717, 1.165) is 31.0 Å². The van der Waals surface area contributed by atoms with Crippen LogP contribution in [-0.2, 0) is 15.6 Å². The van der Waals surface area contributed by atoms with Crippen LogP contribution in [0.4, 0.5) is 0 Å². The molecule has 0 radical (unpaired) electrons. The number of allylic oxidation sites excluding steroid dienone is 3. The summed E-state index contributed by atoms with van der Waals surface area (Å²) in [5, 5.41) is 9.46. The van der Waals surface area contributed by atoms with Gasteiger partial charge >= 0.3 is 0 Å². The Bertz CT molecular complexity index is 689. The van der Waals surface area contributed by atoms with Crippen molar-refractivity contribution >= 4 is 14.1 Å². The molecule has 27 heavy (non-hydrogen) atoms. The number of carbonyl (C=O) groups is 1. The smallest absolute Gasteiger partial charge is 0.198 e. The average molecular weight is 384 g/mol. The van der Waals surface area contributed by atoms with E-state index < -0.39 is 8.32 Å². The second-order valence-electron chi connectivity index (χ2n) is 7.00. The van der Waals surface area contributed by atoms with E-state index in [1.54, 1.807) is 13.0 Å². The summed E-state index contributed by atoms with van der Waals surface area (Å²) in [6, 6.07) is 15.4. The van der Waals surface area contributed by atoms with E-state index in [1.807, 2.05) is 31.2 Å². The van der Waals surface area contributed by atoms with Crippen LogP contribution in [0.1, 0.15) is 46.6 Å². The van der Waals surface area contributed by atoms with Crippen molar-refractivity contribution < 1.29 is 9.22 Å². The standard InChI is InChI=1S/C23H33NO2Si/c1-6-27(7-2,8-3)26-20(5)17-22(18-24)23(25)19(4)13-12-16-21-14-10-9-11-15-21/h9-11,13-15,17,20H,6-8,12,16H2,1-5H3/b19-13+,22-17+. The van der Waals surface area contributed by atoms with Gasteiger partial charge < -0.3 is 4.43 Å². The maximum Gasteiger partial charge on any atom is 0.198 e. The van der Waals surface area contributed by atoms with Crippen LogP contribution in [0, 0.1) is 11.3 Å². The second kappa shape index (κ2) is 11.7. The zero-order valence-corrected chi connectivity index (χ0v) is 18.4. The van der Waals surface area contributed by atoms with Crippen molar-refractivity contribution in [1.29, 1.82) is 5.26 Å². The van der Waals surface area contributed by atoms with Gasteiger partial charge in [0.05, 0.1) is 11.7 Å². The van der Waals surface area contributed by atoms with Gasteiger partial charge in [-0.05, 0) is 62.0 Å². The molecule has 0 heterocycles. The molecule has 0 aliphatic heterocycles. The highest BCUT2D eigenvalue weighted by Crippen LogP contribution is 2.24. The number of benzene rings is 1. The van der Waals surface area contributed by atoms with Gasteiger partial charge in [-0.1, -0.05) is 57.2 Å². The van der Waals surface area contributed by atoms with Crippen LogP contribution in [0.25, 0.3) is 0 Å². The minimum absolute atomic E-state index is 0.183. The van der Waals surface area contributed by atoms with Crippen molar-refractivity contribution in [3.63, 3.8) is 0 Å². The SMILES string of the molecule is CC[Si](CC)(CC)OC(C)/C=C(\C#N)C(=O)/C(C)=C/CCc1ccccc1. The topological polar surface area (TPSA) is 50.1 Å². The molecule has 0 N–H and O–H groups in total. The lowest BCUT2D eigenvalue weighted by Gasteiger charge is -2.30. The summed E-state index contributed by atoms with van der Waals surface area (Å²) in [4.78, 5) is 12.6. The first-order chi connectivity index (χ1) is 12.9. The maximum atomic E-state index is 12.6. The molecule has 1 unspecified atom stereocenters. The highest BCUT2D eigenvalue weighted by Gasteiger charge is 2.30. The van der Waals surface area contributed by atoms with E-state index in [9.17, 15) is 10.1 Å². The van der Waals surface area contributed by atoms with Gasteiger partial charge in [-0.2, -0.15) is 5.26 Å². The second-order valence-corrected chi connectivity index (χ2v) is 11.7. The normalized spacial score (nSPS) is 13.9. The van der Waals surface area contributed by atoms with Crippen LogP contribution in [0.2, 0.25) is 18.1 Å². The van der Waals surface area contributed by atoms with E-state index >= 15 is 0 Å². The first kappa shape index (κ1) is 23.1. The average Bonchev–Trinajstić information content (AvgIpc) is 2.70. The fraction of sp³-hybridized carbons (Fsp3) is 0.478. The van der Waals surface area contributed by atoms with Crippen molar-refractivity contribution in [1.82, 2.24) is 0 Å². The lowest BCUT2D eigenvalue weighted by Crippen LogP contribution is -2.38. The molecule has 0 saturated carbocycles. The van der Waals surface area contributed by atoms with Gasteiger partial charge in [0.2, 0.25) is 0 Å². The van der Waals surface area contributed by atoms with E-state index in [-0.39, 0.29) is 17.5 Å². The number of hydrogen-bond donors (Lipinski definition) is 0. The summed E-state index contributed by atoms with van der Waals surface area (Å²) in [6.07, 6.45) is 5.07. The zero-order valence-electron chi connectivity index (χ0n) is 17.4. The Labute approximate surface area is 165 Å². The number of nitrogens with zero attached hydrogens (tertiary/aromatic N) is 1. The highest BCUT2D eigenvalue weighted by atomic mass is 28.4. The predicted molar refractivity (Wildman–Crippen MR) is 115 cm³/mol. The molecule has 0 spiro atoms. The molecule has 3 nitrogen and oxygen atoms in total. The Morgan fingerprint density at radius 2 is 1.78 bits per heavy atom. The third kappa shape index (κ3) is 7.28. The van der Waals surface area contributed by atoms with Gasteiger partial charge in [0, 0.05) is 0 Å². The molecule has 1 rings (SSSR count). The summed E-state index contributed by atoms with van der Waals surface area (Å²) >= 11 is 0. The molecule has 1 atom stereocenters. The molecular formula is C23H33NO2Si. The molecule has 146 valence electrons. The number of rotatable bonds is 11. The Morgan fingerprint density at radius 3 is 2.30 bits per heavy atom. The first-order valence-electron chi connectivity index (χ1n) is 9.96. The third-order valence-electron chi connectivity index (χ3n) is 5.22. The minimum atomic E-state index is -1.76. The fourth-order valence-corrected chi connectivity index (χ4v) is 6.09. The number of hydrogen-bond acceptors (Lipinski definition) is 3. The molecule has 0 aromatic heterocycles. The Morgan fingerprint density at radius 1 is 1.19 bits per heavy atom.